The smallest absolute Gasteiger partial charge is 0.216 e. The molecule has 0 amide bonds. The van der Waals surface area contributed by atoms with Crippen molar-refractivity contribution in [3.8, 4) is 5.88 Å². The summed E-state index contributed by atoms with van der Waals surface area (Å²) in [6.45, 7) is 6.82. The van der Waals surface area contributed by atoms with Crippen LogP contribution in [-0.4, -0.2) is 42.4 Å². The molecule has 1 aromatic heterocycles. The Morgan fingerprint density at radius 2 is 2.38 bits per heavy atom. The summed E-state index contributed by atoms with van der Waals surface area (Å²) in [4.78, 5) is 8.40. The van der Waals surface area contributed by atoms with Crippen molar-refractivity contribution >= 4 is 0 Å². The van der Waals surface area contributed by atoms with Crippen molar-refractivity contribution in [2.24, 2.45) is 0 Å². The van der Waals surface area contributed by atoms with Gasteiger partial charge in [-0.15, -0.1) is 0 Å². The van der Waals surface area contributed by atoms with Gasteiger partial charge >= 0.3 is 0 Å². The lowest BCUT2D eigenvalue weighted by molar-refractivity contribution is -0.000818. The number of hydrogen-bond acceptors (Lipinski definition) is 5. The van der Waals surface area contributed by atoms with Crippen LogP contribution in [-0.2, 0) is 4.74 Å². The van der Waals surface area contributed by atoms with Gasteiger partial charge in [0, 0.05) is 24.8 Å². The Morgan fingerprint density at radius 1 is 1.50 bits per heavy atom. The number of rotatable bonds is 3. The number of nitrogens with one attached hydrogen (secondary N) is 1. The Labute approximate surface area is 95.2 Å². The molecule has 16 heavy (non-hydrogen) atoms. The third-order valence-electron chi connectivity index (χ3n) is 2.36. The summed E-state index contributed by atoms with van der Waals surface area (Å²) in [5, 5.41) is 3.26. The summed E-state index contributed by atoms with van der Waals surface area (Å²) in [5.41, 5.74) is 0.921. The second kappa shape index (κ2) is 5.23. The topological polar surface area (TPSA) is 56.3 Å². The van der Waals surface area contributed by atoms with Gasteiger partial charge < -0.3 is 14.8 Å². The van der Waals surface area contributed by atoms with Crippen molar-refractivity contribution in [1.29, 1.82) is 0 Å². The zero-order chi connectivity index (χ0) is 11.4. The van der Waals surface area contributed by atoms with E-state index in [1.807, 2.05) is 19.9 Å². The molecule has 1 saturated heterocycles. The highest BCUT2D eigenvalue weighted by Gasteiger charge is 2.14. The van der Waals surface area contributed by atoms with Gasteiger partial charge in [-0.25, -0.2) is 4.98 Å². The molecule has 2 rings (SSSR count). The van der Waals surface area contributed by atoms with Crippen LogP contribution in [0.25, 0.3) is 0 Å². The van der Waals surface area contributed by atoms with Crippen LogP contribution in [0.15, 0.2) is 6.07 Å². The molecule has 1 aliphatic rings. The van der Waals surface area contributed by atoms with E-state index in [2.05, 4.69) is 15.3 Å². The monoisotopic (exact) mass is 223 g/mol. The number of nitrogens with zero attached hydrogens (tertiary/aromatic N) is 2. The molecule has 5 nitrogen and oxygen atoms in total. The van der Waals surface area contributed by atoms with Crippen LogP contribution in [0.4, 0.5) is 0 Å². The number of aromatic nitrogens is 2. The standard InChI is InChI=1S/C11H17N3O2/c1-8-5-11(14-9(2)13-8)16-7-10-6-12-3-4-15-10/h5,10,12H,3-4,6-7H2,1-2H3. The normalized spacial score (nSPS) is 20.8. The molecule has 1 unspecified atom stereocenters. The van der Waals surface area contributed by atoms with Crippen LogP contribution in [0.3, 0.4) is 0 Å². The maximum atomic E-state index is 5.59. The first-order chi connectivity index (χ1) is 7.74. The third kappa shape index (κ3) is 3.15. The van der Waals surface area contributed by atoms with Crippen LogP contribution in [0, 0.1) is 13.8 Å². The third-order valence-corrected chi connectivity index (χ3v) is 2.36. The second-order valence-electron chi connectivity index (χ2n) is 3.90. The zero-order valence-electron chi connectivity index (χ0n) is 9.69. The molecule has 5 heteroatoms. The fourth-order valence-electron chi connectivity index (χ4n) is 1.66. The molecule has 0 radical (unpaired) electrons. The minimum atomic E-state index is 0.115. The molecule has 1 fully saturated rings. The van der Waals surface area contributed by atoms with Gasteiger partial charge in [-0.3, -0.25) is 0 Å². The Balaban J connectivity index is 1.88. The summed E-state index contributed by atoms with van der Waals surface area (Å²) < 4.78 is 11.1. The average molecular weight is 223 g/mol. The van der Waals surface area contributed by atoms with E-state index in [1.54, 1.807) is 0 Å². The largest absolute Gasteiger partial charge is 0.475 e. The molecule has 0 aliphatic carbocycles. The minimum absolute atomic E-state index is 0.115. The number of aryl methyl sites for hydroxylation is 2. The summed E-state index contributed by atoms with van der Waals surface area (Å²) in [5.74, 6) is 1.36. The van der Waals surface area contributed by atoms with E-state index in [0.29, 0.717) is 12.5 Å². The predicted molar refractivity (Wildman–Crippen MR) is 59.6 cm³/mol. The molecule has 2 heterocycles. The van der Waals surface area contributed by atoms with Gasteiger partial charge in [0.2, 0.25) is 5.88 Å². The molecule has 0 aromatic carbocycles. The first-order valence-corrected chi connectivity index (χ1v) is 5.51. The summed E-state index contributed by atoms with van der Waals surface area (Å²) in [6.07, 6.45) is 0.115. The molecule has 88 valence electrons. The maximum absolute atomic E-state index is 5.59. The van der Waals surface area contributed by atoms with E-state index in [0.717, 1.165) is 31.2 Å². The molecule has 1 aromatic rings. The molecule has 1 aliphatic heterocycles. The van der Waals surface area contributed by atoms with Gasteiger partial charge in [0.1, 0.15) is 18.5 Å². The maximum Gasteiger partial charge on any atom is 0.216 e. The van der Waals surface area contributed by atoms with E-state index in [1.165, 1.54) is 0 Å². The van der Waals surface area contributed by atoms with Gasteiger partial charge in [-0.1, -0.05) is 0 Å². The summed E-state index contributed by atoms with van der Waals surface area (Å²) in [6, 6.07) is 1.84. The van der Waals surface area contributed by atoms with Crippen LogP contribution >= 0.6 is 0 Å². The van der Waals surface area contributed by atoms with Crippen molar-refractivity contribution in [1.82, 2.24) is 15.3 Å². The quantitative estimate of drug-likeness (QED) is 0.806. The van der Waals surface area contributed by atoms with Crippen LogP contribution in [0.1, 0.15) is 11.5 Å². The first kappa shape index (κ1) is 11.3. The van der Waals surface area contributed by atoms with Crippen molar-refractivity contribution in [3.63, 3.8) is 0 Å². The zero-order valence-corrected chi connectivity index (χ0v) is 9.69. The van der Waals surface area contributed by atoms with E-state index >= 15 is 0 Å². The Kier molecular flexibility index (Phi) is 3.69. The van der Waals surface area contributed by atoms with Gasteiger partial charge in [-0.2, -0.15) is 4.98 Å². The van der Waals surface area contributed by atoms with Gasteiger partial charge in [0.25, 0.3) is 0 Å². The summed E-state index contributed by atoms with van der Waals surface area (Å²) >= 11 is 0. The van der Waals surface area contributed by atoms with Crippen LogP contribution < -0.4 is 10.1 Å². The lowest BCUT2D eigenvalue weighted by Crippen LogP contribution is -2.41. The van der Waals surface area contributed by atoms with Crippen LogP contribution in [0.2, 0.25) is 0 Å². The van der Waals surface area contributed by atoms with Gasteiger partial charge in [0.05, 0.1) is 6.61 Å². The molecule has 1 atom stereocenters. The molecular weight excluding hydrogens is 206 g/mol. The fraction of sp³-hybridized carbons (Fsp3) is 0.636. The van der Waals surface area contributed by atoms with E-state index < -0.39 is 0 Å². The molecule has 0 bridgehead atoms. The second-order valence-corrected chi connectivity index (χ2v) is 3.90. The highest BCUT2D eigenvalue weighted by molar-refractivity contribution is 5.14. The highest BCUT2D eigenvalue weighted by atomic mass is 16.5. The Hall–Kier alpha value is -1.20. The van der Waals surface area contributed by atoms with E-state index in [9.17, 15) is 0 Å². The van der Waals surface area contributed by atoms with Crippen molar-refractivity contribution < 1.29 is 9.47 Å². The first-order valence-electron chi connectivity index (χ1n) is 5.51. The van der Waals surface area contributed by atoms with E-state index in [-0.39, 0.29) is 6.10 Å². The van der Waals surface area contributed by atoms with Crippen molar-refractivity contribution in [3.05, 3.63) is 17.6 Å². The van der Waals surface area contributed by atoms with Gasteiger partial charge in [0.15, 0.2) is 0 Å². The van der Waals surface area contributed by atoms with Crippen molar-refractivity contribution in [2.75, 3.05) is 26.3 Å². The molecular formula is C11H17N3O2. The molecule has 1 N–H and O–H groups in total. The van der Waals surface area contributed by atoms with Crippen LogP contribution in [0.5, 0.6) is 5.88 Å². The minimum Gasteiger partial charge on any atom is -0.475 e. The highest BCUT2D eigenvalue weighted by Crippen LogP contribution is 2.09. The lowest BCUT2D eigenvalue weighted by Gasteiger charge is -2.23. The number of morpholine rings is 1. The predicted octanol–water partition coefficient (Wildman–Crippen LogP) is 0.461. The lowest BCUT2D eigenvalue weighted by atomic mass is 10.3. The fourth-order valence-corrected chi connectivity index (χ4v) is 1.66. The number of hydrogen-bond donors (Lipinski definition) is 1. The Morgan fingerprint density at radius 3 is 3.06 bits per heavy atom. The summed E-state index contributed by atoms with van der Waals surface area (Å²) in [7, 11) is 0. The average Bonchev–Trinajstić information content (AvgIpc) is 2.27. The molecule has 0 saturated carbocycles. The SMILES string of the molecule is Cc1cc(OCC2CNCCO2)nc(C)n1. The molecule has 0 spiro atoms. The Bertz CT molecular complexity index is 331. The number of ether oxygens (including phenoxy) is 2. The van der Waals surface area contributed by atoms with Crippen molar-refractivity contribution in [2.45, 2.75) is 20.0 Å². The van der Waals surface area contributed by atoms with E-state index in [4.69, 9.17) is 9.47 Å². The van der Waals surface area contributed by atoms with Gasteiger partial charge in [-0.05, 0) is 13.8 Å².